The molecule has 0 aromatic heterocycles. The molecule has 0 aliphatic heterocycles. The fraction of sp³-hybridized carbons (Fsp3) is 1.00. The Bertz CT molecular complexity index is 158. The molecule has 0 aromatic carbocycles. The minimum absolute atomic E-state index is 0. The second-order valence-electron chi connectivity index (χ2n) is 4.23. The van der Waals surface area contributed by atoms with Crippen LogP contribution in [-0.4, -0.2) is 13.2 Å². The Morgan fingerprint density at radius 2 is 1.11 bits per heavy atom. The van der Waals surface area contributed by atoms with E-state index >= 15 is 0 Å². The van der Waals surface area contributed by atoms with Crippen LogP contribution in [-0.2, 0) is 33.5 Å². The summed E-state index contributed by atoms with van der Waals surface area (Å²) in [4.78, 5) is 0. The maximum absolute atomic E-state index is 5.50. The molecule has 0 N–H and O–H groups in total. The van der Waals surface area contributed by atoms with Crippen LogP contribution in [0.5, 0.6) is 0 Å². The van der Waals surface area contributed by atoms with E-state index in [0.29, 0.717) is 13.2 Å². The summed E-state index contributed by atoms with van der Waals surface area (Å²) in [7, 11) is 0. The van der Waals surface area contributed by atoms with Crippen LogP contribution in [0, 0.1) is 0 Å². The van der Waals surface area contributed by atoms with Gasteiger partial charge in [0.25, 0.3) is 0 Å². The second kappa shape index (κ2) is 15.0. The zero-order chi connectivity index (χ0) is 13.0. The molecule has 0 fully saturated rings. The van der Waals surface area contributed by atoms with Crippen molar-refractivity contribution in [3.05, 3.63) is 0 Å². The Balaban J connectivity index is 0. The molecule has 2 nitrogen and oxygen atoms in total. The Hall–Kier alpha value is 1.65. The van der Waals surface area contributed by atoms with Gasteiger partial charge in [0.05, 0.1) is 13.2 Å². The molecule has 0 aliphatic rings. The van der Waals surface area contributed by atoms with Crippen molar-refractivity contribution in [2.24, 2.45) is 0 Å². The molecule has 0 rings (SSSR count). The summed E-state index contributed by atoms with van der Waals surface area (Å²) in [5.74, 6) is 0. The van der Waals surface area contributed by atoms with Gasteiger partial charge in [0.2, 0.25) is 0 Å². The van der Waals surface area contributed by atoms with E-state index in [9.17, 15) is 0 Å². The molecule has 0 bridgehead atoms. The number of rotatable bonds is 12. The van der Waals surface area contributed by atoms with Crippen LogP contribution >= 0.6 is 6.12 Å². The van der Waals surface area contributed by atoms with Gasteiger partial charge >= 0.3 is 18.9 Å². The van der Waals surface area contributed by atoms with Crippen LogP contribution in [0.1, 0.15) is 65.2 Å². The largest absolute Gasteiger partial charge is 1.00 e. The van der Waals surface area contributed by atoms with Crippen LogP contribution in [0.4, 0.5) is 0 Å². The van der Waals surface area contributed by atoms with E-state index in [4.69, 9.17) is 33.5 Å². The predicted octanol–water partition coefficient (Wildman–Crippen LogP) is 1.96. The monoisotopic (exact) mass is 304 g/mol. The zero-order valence-corrected chi connectivity index (χ0v) is 14.7. The summed E-state index contributed by atoms with van der Waals surface area (Å²) in [6.07, 6.45) is 7.07. The predicted molar refractivity (Wildman–Crippen MR) is 81.8 cm³/mol. The minimum Gasteiger partial charge on any atom is -0.516 e. The molecule has 0 amide bonds. The maximum Gasteiger partial charge on any atom is 1.00 e. The van der Waals surface area contributed by atoms with Gasteiger partial charge in [-0.2, -0.15) is 0 Å². The molecule has 0 saturated heterocycles. The Kier molecular flexibility index (Phi) is 18.3. The molecule has 0 radical (unpaired) electrons. The van der Waals surface area contributed by atoms with Crippen molar-refractivity contribution in [2.75, 3.05) is 13.2 Å². The van der Waals surface area contributed by atoms with Gasteiger partial charge in [-0.3, -0.25) is 9.05 Å². The molecule has 18 heavy (non-hydrogen) atoms. The first-order valence-corrected chi connectivity index (χ1v) is 10.4. The van der Waals surface area contributed by atoms with Gasteiger partial charge in [-0.25, -0.2) is 0 Å². The van der Waals surface area contributed by atoms with Gasteiger partial charge in [0, 0.05) is 6.12 Å². The Morgan fingerprint density at radius 3 is 1.44 bits per heavy atom. The molecule has 0 unspecified atom stereocenters. The van der Waals surface area contributed by atoms with Crippen molar-refractivity contribution in [1.29, 1.82) is 0 Å². The van der Waals surface area contributed by atoms with Gasteiger partial charge in [-0.1, -0.05) is 52.4 Å². The summed E-state index contributed by atoms with van der Waals surface area (Å²) in [5.41, 5.74) is 0. The zero-order valence-electron chi connectivity index (χ0n) is 12.2. The van der Waals surface area contributed by atoms with Crippen molar-refractivity contribution in [3.8, 4) is 0 Å². The summed E-state index contributed by atoms with van der Waals surface area (Å²) < 4.78 is 11.0. The third-order valence-corrected chi connectivity index (χ3v) is 4.76. The second-order valence-corrected chi connectivity index (χ2v) is 9.22. The third kappa shape index (κ3) is 15.7. The summed E-state index contributed by atoms with van der Waals surface area (Å²) in [5, 5.41) is 0. The molecule has 0 atom stereocenters. The number of hydrogen-bond donors (Lipinski definition) is 0. The van der Waals surface area contributed by atoms with Crippen LogP contribution in [0.3, 0.4) is 0 Å². The van der Waals surface area contributed by atoms with Gasteiger partial charge in [0.15, 0.2) is 0 Å². The van der Waals surface area contributed by atoms with Crippen molar-refractivity contribution in [3.63, 3.8) is 0 Å². The van der Waals surface area contributed by atoms with Crippen LogP contribution in [0.2, 0.25) is 0 Å². The van der Waals surface area contributed by atoms with E-state index in [1.54, 1.807) is 0 Å². The average molecular weight is 304 g/mol. The maximum atomic E-state index is 5.50. The Labute approximate surface area is 136 Å². The fourth-order valence-electron chi connectivity index (χ4n) is 1.45. The molecule has 0 spiro atoms. The molecule has 6 heteroatoms. The van der Waals surface area contributed by atoms with Crippen molar-refractivity contribution < 1.29 is 27.9 Å². The first kappa shape index (κ1) is 21.9. The van der Waals surface area contributed by atoms with Gasteiger partial charge in [-0.15, -0.1) is 0 Å². The molecule has 0 aliphatic carbocycles. The minimum atomic E-state index is -2.37. The van der Waals surface area contributed by atoms with E-state index < -0.39 is 6.12 Å². The average Bonchev–Trinajstić information content (AvgIpc) is 2.28. The van der Waals surface area contributed by atoms with E-state index in [2.05, 4.69) is 13.8 Å². The van der Waals surface area contributed by atoms with E-state index in [-0.39, 0.29) is 18.9 Å². The van der Waals surface area contributed by atoms with Gasteiger partial charge in [-0.05, 0) is 12.8 Å². The molecule has 0 aromatic rings. The molecule has 104 valence electrons. The summed E-state index contributed by atoms with van der Waals surface area (Å²) in [6.45, 7) is 5.71. The quantitative estimate of drug-likeness (QED) is 0.237. The fourth-order valence-corrected chi connectivity index (χ4v) is 3.12. The molecule has 0 saturated carbocycles. The summed E-state index contributed by atoms with van der Waals surface area (Å²) >= 11 is 10.4. The van der Waals surface area contributed by atoms with Crippen LogP contribution in [0.15, 0.2) is 0 Å². The first-order valence-electron chi connectivity index (χ1n) is 6.72. The standard InChI is InChI=1S/C12H27O2PS2.Li/c1-3-5-7-9-11-13-15(16,17)14-12-10-8-6-4-2;/h3-12H2,1-2H3,(H,16,17);/q;+1/p-1. The normalized spacial score (nSPS) is 11.3. The SMILES string of the molecule is CCCCCCO[P+]([S-])([S-])OCCCCCC.[Li+]. The smallest absolute Gasteiger partial charge is 0.516 e. The van der Waals surface area contributed by atoms with Crippen LogP contribution in [0.25, 0.3) is 0 Å². The number of unbranched alkanes of at least 4 members (excludes halogenated alkanes) is 6. The van der Waals surface area contributed by atoms with E-state index in [0.717, 1.165) is 12.8 Å². The van der Waals surface area contributed by atoms with Crippen molar-refractivity contribution >= 4 is 30.6 Å². The van der Waals surface area contributed by atoms with Gasteiger partial charge in [0.1, 0.15) is 0 Å². The number of hydrogen-bond acceptors (Lipinski definition) is 4. The topological polar surface area (TPSA) is 18.5 Å². The van der Waals surface area contributed by atoms with Gasteiger partial charge < -0.3 is 24.5 Å². The molecule has 0 heterocycles. The van der Waals surface area contributed by atoms with Crippen molar-refractivity contribution in [2.45, 2.75) is 65.2 Å². The summed E-state index contributed by atoms with van der Waals surface area (Å²) in [6, 6.07) is 0. The molecular formula is C12H26LiO2PS2. The van der Waals surface area contributed by atoms with Crippen molar-refractivity contribution in [1.82, 2.24) is 0 Å². The first-order chi connectivity index (χ1) is 8.12. The third-order valence-electron chi connectivity index (χ3n) is 2.49. The molecular weight excluding hydrogens is 278 g/mol. The Morgan fingerprint density at radius 1 is 0.722 bits per heavy atom. The van der Waals surface area contributed by atoms with E-state index in [1.165, 1.54) is 38.5 Å². The van der Waals surface area contributed by atoms with Crippen LogP contribution < -0.4 is 18.9 Å². The van der Waals surface area contributed by atoms with E-state index in [1.807, 2.05) is 0 Å².